The Morgan fingerprint density at radius 2 is 2.27 bits per heavy atom. The number of hydrogen-bond acceptors (Lipinski definition) is 2. The van der Waals surface area contributed by atoms with Crippen molar-refractivity contribution in [2.45, 2.75) is 13.3 Å². The molecule has 1 aromatic carbocycles. The first-order chi connectivity index (χ1) is 7.26. The first-order valence-electron chi connectivity index (χ1n) is 4.78. The van der Waals surface area contributed by atoms with Crippen LogP contribution in [0.4, 0.5) is 0 Å². The number of pyridine rings is 1. The normalized spacial score (nSPS) is 10.5. The summed E-state index contributed by atoms with van der Waals surface area (Å²) in [5.74, 6) is 0. The predicted molar refractivity (Wildman–Crippen MR) is 61.5 cm³/mol. The molecule has 2 nitrogen and oxygen atoms in total. The van der Waals surface area contributed by atoms with Crippen molar-refractivity contribution in [1.82, 2.24) is 4.98 Å². The van der Waals surface area contributed by atoms with Gasteiger partial charge in [-0.05, 0) is 24.1 Å². The molecule has 3 heteroatoms. The standard InChI is InChI=1S/C12H10ClNO/c1-2-8-3-4-11-10(5-8)12(13)9(7-15)6-14-11/h3-7H,2H2,1H3. The van der Waals surface area contributed by atoms with Crippen molar-refractivity contribution >= 4 is 28.8 Å². The minimum Gasteiger partial charge on any atom is -0.298 e. The maximum Gasteiger partial charge on any atom is 0.153 e. The van der Waals surface area contributed by atoms with Gasteiger partial charge in [0.25, 0.3) is 0 Å². The fraction of sp³-hybridized carbons (Fsp3) is 0.167. The van der Waals surface area contributed by atoms with Crippen LogP contribution in [0.5, 0.6) is 0 Å². The lowest BCUT2D eigenvalue weighted by molar-refractivity contribution is 0.112. The first kappa shape index (κ1) is 10.1. The van der Waals surface area contributed by atoms with Crippen LogP contribution in [-0.2, 0) is 6.42 Å². The molecule has 0 saturated heterocycles. The van der Waals surface area contributed by atoms with Crippen LogP contribution in [-0.4, -0.2) is 11.3 Å². The number of nitrogens with zero attached hydrogens (tertiary/aromatic N) is 1. The Morgan fingerprint density at radius 1 is 1.47 bits per heavy atom. The Morgan fingerprint density at radius 3 is 2.93 bits per heavy atom. The average Bonchev–Trinajstić information content (AvgIpc) is 2.29. The van der Waals surface area contributed by atoms with Gasteiger partial charge in [0.15, 0.2) is 6.29 Å². The lowest BCUT2D eigenvalue weighted by atomic mass is 10.1. The summed E-state index contributed by atoms with van der Waals surface area (Å²) in [4.78, 5) is 14.9. The Bertz CT molecular complexity index is 522. The third-order valence-corrected chi connectivity index (χ3v) is 2.85. The molecule has 0 saturated carbocycles. The Hall–Kier alpha value is -1.41. The number of carbonyl (C=O) groups excluding carboxylic acids is 1. The summed E-state index contributed by atoms with van der Waals surface area (Å²) < 4.78 is 0. The highest BCUT2D eigenvalue weighted by Crippen LogP contribution is 2.25. The molecule has 0 aliphatic rings. The number of aldehydes is 1. The second-order valence-corrected chi connectivity index (χ2v) is 3.73. The third kappa shape index (κ3) is 1.73. The van der Waals surface area contributed by atoms with Gasteiger partial charge in [-0.15, -0.1) is 0 Å². The van der Waals surface area contributed by atoms with Crippen molar-refractivity contribution in [3.05, 3.63) is 40.5 Å². The van der Waals surface area contributed by atoms with Crippen LogP contribution in [0.2, 0.25) is 5.02 Å². The number of aryl methyl sites for hydroxylation is 1. The van der Waals surface area contributed by atoms with Crippen molar-refractivity contribution in [1.29, 1.82) is 0 Å². The van der Waals surface area contributed by atoms with Crippen molar-refractivity contribution < 1.29 is 4.79 Å². The number of halogens is 1. The highest BCUT2D eigenvalue weighted by Gasteiger charge is 2.06. The Kier molecular flexibility index (Phi) is 2.69. The fourth-order valence-electron chi connectivity index (χ4n) is 1.52. The van der Waals surface area contributed by atoms with Gasteiger partial charge in [0.2, 0.25) is 0 Å². The molecule has 1 heterocycles. The van der Waals surface area contributed by atoms with E-state index in [1.165, 1.54) is 11.8 Å². The smallest absolute Gasteiger partial charge is 0.153 e. The molecule has 0 bridgehead atoms. The molecule has 1 aromatic heterocycles. The molecule has 0 unspecified atom stereocenters. The predicted octanol–water partition coefficient (Wildman–Crippen LogP) is 3.26. The second kappa shape index (κ2) is 3.99. The first-order valence-corrected chi connectivity index (χ1v) is 5.16. The third-order valence-electron chi connectivity index (χ3n) is 2.43. The van der Waals surface area contributed by atoms with Crippen molar-refractivity contribution in [2.75, 3.05) is 0 Å². The summed E-state index contributed by atoms with van der Waals surface area (Å²) in [5, 5.41) is 1.34. The molecule has 0 radical (unpaired) electrons. The summed E-state index contributed by atoms with van der Waals surface area (Å²) in [6.07, 6.45) is 3.17. The fourth-order valence-corrected chi connectivity index (χ4v) is 1.77. The van der Waals surface area contributed by atoms with E-state index in [2.05, 4.69) is 11.9 Å². The van der Waals surface area contributed by atoms with Crippen LogP contribution in [0.15, 0.2) is 24.4 Å². The molecule has 0 fully saturated rings. The van der Waals surface area contributed by atoms with E-state index in [0.29, 0.717) is 10.6 Å². The highest BCUT2D eigenvalue weighted by atomic mass is 35.5. The SMILES string of the molecule is CCc1ccc2ncc(C=O)c(Cl)c2c1. The maximum absolute atomic E-state index is 10.7. The molecular weight excluding hydrogens is 210 g/mol. The molecule has 15 heavy (non-hydrogen) atoms. The van der Waals surface area contributed by atoms with Gasteiger partial charge < -0.3 is 0 Å². The maximum atomic E-state index is 10.7. The molecule has 2 aromatic rings. The van der Waals surface area contributed by atoms with E-state index in [9.17, 15) is 4.79 Å². The van der Waals surface area contributed by atoms with E-state index < -0.39 is 0 Å². The lowest BCUT2D eigenvalue weighted by Crippen LogP contribution is -1.89. The average molecular weight is 220 g/mol. The molecular formula is C12H10ClNO. The van der Waals surface area contributed by atoms with E-state index in [4.69, 9.17) is 11.6 Å². The number of hydrogen-bond donors (Lipinski definition) is 0. The summed E-state index contributed by atoms with van der Waals surface area (Å²) in [7, 11) is 0. The Balaban J connectivity index is 2.77. The zero-order valence-corrected chi connectivity index (χ0v) is 9.08. The topological polar surface area (TPSA) is 30.0 Å². The van der Waals surface area contributed by atoms with Gasteiger partial charge in [0, 0.05) is 11.6 Å². The van der Waals surface area contributed by atoms with Gasteiger partial charge in [0.05, 0.1) is 16.1 Å². The van der Waals surface area contributed by atoms with E-state index in [0.717, 1.165) is 23.6 Å². The largest absolute Gasteiger partial charge is 0.298 e. The number of carbonyl (C=O) groups is 1. The number of benzene rings is 1. The van der Waals surface area contributed by atoms with E-state index in [1.807, 2.05) is 18.2 Å². The van der Waals surface area contributed by atoms with Crippen LogP contribution in [0, 0.1) is 0 Å². The molecule has 0 spiro atoms. The minimum absolute atomic E-state index is 0.442. The zero-order valence-electron chi connectivity index (χ0n) is 8.33. The van der Waals surface area contributed by atoms with Gasteiger partial charge in [-0.2, -0.15) is 0 Å². The van der Waals surface area contributed by atoms with Crippen molar-refractivity contribution in [3.63, 3.8) is 0 Å². The summed E-state index contributed by atoms with van der Waals surface area (Å²) in [5.41, 5.74) is 2.45. The van der Waals surface area contributed by atoms with Crippen molar-refractivity contribution in [2.24, 2.45) is 0 Å². The monoisotopic (exact) mass is 219 g/mol. The van der Waals surface area contributed by atoms with Crippen molar-refractivity contribution in [3.8, 4) is 0 Å². The van der Waals surface area contributed by atoms with E-state index in [-0.39, 0.29) is 0 Å². The van der Waals surface area contributed by atoms with Crippen LogP contribution in [0.1, 0.15) is 22.8 Å². The second-order valence-electron chi connectivity index (χ2n) is 3.35. The molecule has 76 valence electrons. The number of aromatic nitrogens is 1. The molecule has 0 aliphatic heterocycles. The summed E-state index contributed by atoms with van der Waals surface area (Å²) in [6, 6.07) is 5.93. The molecule has 0 N–H and O–H groups in total. The lowest BCUT2D eigenvalue weighted by Gasteiger charge is -2.04. The van der Waals surface area contributed by atoms with Crippen LogP contribution >= 0.6 is 11.6 Å². The zero-order chi connectivity index (χ0) is 10.8. The van der Waals surface area contributed by atoms with Crippen LogP contribution in [0.3, 0.4) is 0 Å². The summed E-state index contributed by atoms with van der Waals surface area (Å²) >= 11 is 6.10. The van der Waals surface area contributed by atoms with E-state index in [1.54, 1.807) is 0 Å². The van der Waals surface area contributed by atoms with Gasteiger partial charge in [0.1, 0.15) is 0 Å². The van der Waals surface area contributed by atoms with Gasteiger partial charge in [-0.25, -0.2) is 0 Å². The van der Waals surface area contributed by atoms with Gasteiger partial charge >= 0.3 is 0 Å². The highest BCUT2D eigenvalue weighted by molar-refractivity contribution is 6.37. The molecule has 0 atom stereocenters. The molecule has 0 aliphatic carbocycles. The number of fused-ring (bicyclic) bond motifs is 1. The van der Waals surface area contributed by atoms with E-state index >= 15 is 0 Å². The Labute approximate surface area is 92.9 Å². The van der Waals surface area contributed by atoms with Crippen LogP contribution < -0.4 is 0 Å². The molecule has 2 rings (SSSR count). The minimum atomic E-state index is 0.442. The van der Waals surface area contributed by atoms with Gasteiger partial charge in [-0.1, -0.05) is 24.6 Å². The molecule has 0 amide bonds. The van der Waals surface area contributed by atoms with Crippen LogP contribution in [0.25, 0.3) is 10.9 Å². The summed E-state index contributed by atoms with van der Waals surface area (Å²) in [6.45, 7) is 2.08. The number of rotatable bonds is 2. The van der Waals surface area contributed by atoms with Gasteiger partial charge in [-0.3, -0.25) is 9.78 Å². The quantitative estimate of drug-likeness (QED) is 0.726.